The van der Waals surface area contributed by atoms with Gasteiger partial charge in [-0.05, 0) is 30.3 Å². The van der Waals surface area contributed by atoms with Gasteiger partial charge in [-0.1, -0.05) is 22.0 Å². The van der Waals surface area contributed by atoms with E-state index in [2.05, 4.69) is 26.2 Å². The van der Waals surface area contributed by atoms with E-state index in [1.54, 1.807) is 18.2 Å². The number of halogens is 1. The summed E-state index contributed by atoms with van der Waals surface area (Å²) in [5, 5.41) is 13.1. The van der Waals surface area contributed by atoms with E-state index in [-0.39, 0.29) is 47.5 Å². The summed E-state index contributed by atoms with van der Waals surface area (Å²) in [5.74, 6) is -1.47. The molecule has 10 nitrogen and oxygen atoms in total. The number of carbonyl (C=O) groups is 1. The lowest BCUT2D eigenvalue weighted by Crippen LogP contribution is -2.40. The van der Waals surface area contributed by atoms with Crippen molar-refractivity contribution < 1.29 is 31.5 Å². The van der Waals surface area contributed by atoms with E-state index in [9.17, 15) is 26.7 Å². The standard InChI is InChI=1S/C21H20BrN3O7S2/c1-33(28,29)17-4-2-3-16(19(17)21(26)27)24-20-14-11-13(22)5-6-15(14)23-12-18(20)34(30,31)25-7-9-32-10-8-25/h2-6,11-12H,7-10H2,1H3,(H,23,24)(H,26,27). The number of nitrogens with zero attached hydrogens (tertiary/aromatic N) is 2. The van der Waals surface area contributed by atoms with E-state index in [0.29, 0.717) is 15.4 Å². The number of benzene rings is 2. The Morgan fingerprint density at radius 3 is 2.47 bits per heavy atom. The molecule has 0 bridgehead atoms. The molecule has 0 atom stereocenters. The monoisotopic (exact) mass is 569 g/mol. The number of hydrogen-bond acceptors (Lipinski definition) is 8. The zero-order chi connectivity index (χ0) is 24.7. The minimum absolute atomic E-state index is 0.0682. The second-order valence-corrected chi connectivity index (χ2v) is 12.4. The van der Waals surface area contributed by atoms with Gasteiger partial charge in [-0.3, -0.25) is 4.98 Å². The highest BCUT2D eigenvalue weighted by Gasteiger charge is 2.31. The number of carboxylic acid groups (broad SMARTS) is 1. The molecule has 34 heavy (non-hydrogen) atoms. The Kier molecular flexibility index (Phi) is 6.66. The third kappa shape index (κ3) is 4.66. The number of morpholine rings is 1. The maximum absolute atomic E-state index is 13.5. The molecule has 1 aliphatic rings. The number of aromatic nitrogens is 1. The summed E-state index contributed by atoms with van der Waals surface area (Å²) >= 11 is 3.37. The van der Waals surface area contributed by atoms with Crippen LogP contribution in [0, 0.1) is 0 Å². The van der Waals surface area contributed by atoms with Crippen LogP contribution in [0.3, 0.4) is 0 Å². The second kappa shape index (κ2) is 9.23. The summed E-state index contributed by atoms with van der Waals surface area (Å²) in [6.45, 7) is 0.798. The molecular weight excluding hydrogens is 550 g/mol. The van der Waals surface area contributed by atoms with E-state index >= 15 is 0 Å². The molecule has 2 aromatic carbocycles. The smallest absolute Gasteiger partial charge is 0.339 e. The maximum atomic E-state index is 13.5. The fourth-order valence-electron chi connectivity index (χ4n) is 3.70. The van der Waals surface area contributed by atoms with Crippen LogP contribution < -0.4 is 5.32 Å². The topological polar surface area (TPSA) is 143 Å². The van der Waals surface area contributed by atoms with E-state index in [4.69, 9.17) is 4.74 Å². The molecule has 2 N–H and O–H groups in total. The highest BCUT2D eigenvalue weighted by molar-refractivity contribution is 9.10. The molecule has 0 aliphatic carbocycles. The van der Waals surface area contributed by atoms with Crippen LogP contribution in [0.25, 0.3) is 10.9 Å². The predicted molar refractivity (Wildman–Crippen MR) is 129 cm³/mol. The Morgan fingerprint density at radius 2 is 1.82 bits per heavy atom. The zero-order valence-corrected chi connectivity index (χ0v) is 21.1. The van der Waals surface area contributed by atoms with Gasteiger partial charge in [0, 0.05) is 35.4 Å². The Hall–Kier alpha value is -2.58. The summed E-state index contributed by atoms with van der Waals surface area (Å²) in [6, 6.07) is 9.04. The summed E-state index contributed by atoms with van der Waals surface area (Å²) in [4.78, 5) is 15.8. The number of pyridine rings is 1. The molecular formula is C21H20BrN3O7S2. The van der Waals surface area contributed by atoms with Gasteiger partial charge in [0.25, 0.3) is 0 Å². The number of rotatable bonds is 6. The van der Waals surface area contributed by atoms with Crippen molar-refractivity contribution in [1.29, 1.82) is 0 Å². The lowest BCUT2D eigenvalue weighted by atomic mass is 10.1. The molecule has 1 aliphatic heterocycles. The first kappa shape index (κ1) is 24.5. The molecule has 0 radical (unpaired) electrons. The van der Waals surface area contributed by atoms with Crippen molar-refractivity contribution in [3.05, 3.63) is 52.6 Å². The summed E-state index contributed by atoms with van der Waals surface area (Å²) < 4.78 is 58.7. The van der Waals surface area contributed by atoms with Gasteiger partial charge >= 0.3 is 5.97 Å². The predicted octanol–water partition coefficient (Wildman–Crippen LogP) is 2.86. The molecule has 180 valence electrons. The maximum Gasteiger partial charge on any atom is 0.339 e. The van der Waals surface area contributed by atoms with Crippen molar-refractivity contribution in [3.8, 4) is 0 Å². The van der Waals surface area contributed by atoms with Gasteiger partial charge < -0.3 is 15.2 Å². The molecule has 0 spiro atoms. The molecule has 1 aromatic heterocycles. The number of hydrogen-bond donors (Lipinski definition) is 2. The quantitative estimate of drug-likeness (QED) is 0.457. The van der Waals surface area contributed by atoms with Gasteiger partial charge in [0.1, 0.15) is 10.5 Å². The zero-order valence-electron chi connectivity index (χ0n) is 17.9. The summed E-state index contributed by atoms with van der Waals surface area (Å²) in [7, 11) is -7.92. The number of fused-ring (bicyclic) bond motifs is 1. The van der Waals surface area contributed by atoms with E-state index < -0.39 is 31.4 Å². The van der Waals surface area contributed by atoms with Crippen molar-refractivity contribution in [2.75, 3.05) is 37.9 Å². The first-order valence-electron chi connectivity index (χ1n) is 9.99. The van der Waals surface area contributed by atoms with Crippen LogP contribution in [0.5, 0.6) is 0 Å². The van der Waals surface area contributed by atoms with Crippen molar-refractivity contribution in [2.45, 2.75) is 9.79 Å². The molecule has 0 saturated carbocycles. The van der Waals surface area contributed by atoms with Gasteiger partial charge in [-0.2, -0.15) is 4.31 Å². The number of sulfone groups is 1. The van der Waals surface area contributed by atoms with Crippen molar-refractivity contribution >= 4 is 64.0 Å². The highest BCUT2D eigenvalue weighted by atomic mass is 79.9. The molecule has 0 unspecified atom stereocenters. The van der Waals surface area contributed by atoms with Crippen LogP contribution in [0.15, 0.2) is 56.9 Å². The van der Waals surface area contributed by atoms with Crippen LogP contribution in [-0.4, -0.2) is 69.8 Å². The van der Waals surface area contributed by atoms with Crippen molar-refractivity contribution in [1.82, 2.24) is 9.29 Å². The third-order valence-corrected chi connectivity index (χ3v) is 8.83. The van der Waals surface area contributed by atoms with Gasteiger partial charge in [-0.25, -0.2) is 21.6 Å². The minimum atomic E-state index is -4.04. The first-order chi connectivity index (χ1) is 16.0. The lowest BCUT2D eigenvalue weighted by molar-refractivity contribution is 0.0693. The Labute approximate surface area is 204 Å². The molecule has 1 saturated heterocycles. The van der Waals surface area contributed by atoms with Crippen molar-refractivity contribution in [2.24, 2.45) is 0 Å². The minimum Gasteiger partial charge on any atom is -0.478 e. The molecule has 2 heterocycles. The van der Waals surface area contributed by atoms with Crippen LogP contribution >= 0.6 is 15.9 Å². The molecule has 13 heteroatoms. The largest absolute Gasteiger partial charge is 0.478 e. The van der Waals surface area contributed by atoms with Crippen LogP contribution in [0.4, 0.5) is 11.4 Å². The van der Waals surface area contributed by atoms with Gasteiger partial charge in [0.15, 0.2) is 9.84 Å². The van der Waals surface area contributed by atoms with E-state index in [1.807, 2.05) is 0 Å². The lowest BCUT2D eigenvalue weighted by Gasteiger charge is -2.27. The molecule has 3 aromatic rings. The Balaban J connectivity index is 1.98. The number of anilines is 2. The van der Waals surface area contributed by atoms with Gasteiger partial charge in [0.05, 0.1) is 35.0 Å². The average molecular weight is 570 g/mol. The van der Waals surface area contributed by atoms with Crippen LogP contribution in [-0.2, 0) is 24.6 Å². The first-order valence-corrected chi connectivity index (χ1v) is 14.1. The number of carboxylic acids is 1. The van der Waals surface area contributed by atoms with Gasteiger partial charge in [-0.15, -0.1) is 0 Å². The van der Waals surface area contributed by atoms with Gasteiger partial charge in [0.2, 0.25) is 10.0 Å². The van der Waals surface area contributed by atoms with Crippen molar-refractivity contribution in [3.63, 3.8) is 0 Å². The fourth-order valence-corrected chi connectivity index (χ4v) is 6.46. The van der Waals surface area contributed by atoms with E-state index in [1.165, 1.54) is 28.7 Å². The third-order valence-electron chi connectivity index (χ3n) is 5.28. The number of nitrogens with one attached hydrogen (secondary N) is 1. The second-order valence-electron chi connectivity index (χ2n) is 7.56. The molecule has 1 fully saturated rings. The highest BCUT2D eigenvalue weighted by Crippen LogP contribution is 2.37. The van der Waals surface area contributed by atoms with Crippen LogP contribution in [0.2, 0.25) is 0 Å². The molecule has 0 amide bonds. The Bertz CT molecular complexity index is 1500. The molecule has 4 rings (SSSR count). The Morgan fingerprint density at radius 1 is 1.12 bits per heavy atom. The van der Waals surface area contributed by atoms with E-state index in [0.717, 1.165) is 6.26 Å². The average Bonchev–Trinajstić information content (AvgIpc) is 2.79. The fraction of sp³-hybridized carbons (Fsp3) is 0.238. The SMILES string of the molecule is CS(=O)(=O)c1cccc(Nc2c(S(=O)(=O)N3CCOCC3)cnc3ccc(Br)cc23)c1C(=O)O. The summed E-state index contributed by atoms with van der Waals surface area (Å²) in [5.41, 5.74) is -0.00489. The number of aromatic carboxylic acids is 1. The number of ether oxygens (including phenoxy) is 1. The number of sulfonamides is 1. The normalized spacial score (nSPS) is 15.4. The summed E-state index contributed by atoms with van der Waals surface area (Å²) in [6.07, 6.45) is 2.12. The van der Waals surface area contributed by atoms with Crippen LogP contribution in [0.1, 0.15) is 10.4 Å².